The molecule has 0 atom stereocenters. The lowest BCUT2D eigenvalue weighted by atomic mass is 10.1. The highest BCUT2D eigenvalue weighted by atomic mass is 19.1. The zero-order valence-electron chi connectivity index (χ0n) is 17.9. The predicted octanol–water partition coefficient (Wildman–Crippen LogP) is 3.57. The maximum absolute atomic E-state index is 13.6. The topological polar surface area (TPSA) is 89.1 Å². The third kappa shape index (κ3) is 3.33. The maximum Gasteiger partial charge on any atom is 0.249 e. The summed E-state index contributed by atoms with van der Waals surface area (Å²) in [5.74, 6) is 0.480. The molecular weight excluding hydrogens is 407 g/mol. The van der Waals surface area contributed by atoms with Crippen molar-refractivity contribution in [3.63, 3.8) is 0 Å². The minimum absolute atomic E-state index is 0.269. The van der Waals surface area contributed by atoms with Crippen molar-refractivity contribution in [3.8, 4) is 5.95 Å². The highest BCUT2D eigenvalue weighted by molar-refractivity contribution is 6.06. The van der Waals surface area contributed by atoms with Crippen molar-refractivity contribution in [1.29, 1.82) is 0 Å². The SMILES string of the molecule is Cc1cc2c(C(N)=O)cccc2n1-c1nc2c(c(NCc3cccc(F)c3)n1)N(C)CC2. The van der Waals surface area contributed by atoms with Gasteiger partial charge in [-0.3, -0.25) is 9.36 Å². The molecule has 3 N–H and O–H groups in total. The van der Waals surface area contributed by atoms with Gasteiger partial charge in [0.05, 0.1) is 11.2 Å². The van der Waals surface area contributed by atoms with E-state index in [1.807, 2.05) is 42.8 Å². The summed E-state index contributed by atoms with van der Waals surface area (Å²) in [6.07, 6.45) is 0.806. The molecule has 2 aromatic carbocycles. The number of benzene rings is 2. The number of halogens is 1. The van der Waals surface area contributed by atoms with Crippen LogP contribution in [0.15, 0.2) is 48.5 Å². The van der Waals surface area contributed by atoms with Gasteiger partial charge in [0.25, 0.3) is 0 Å². The van der Waals surface area contributed by atoms with Gasteiger partial charge in [0, 0.05) is 43.2 Å². The van der Waals surface area contributed by atoms with Crippen molar-refractivity contribution in [2.75, 3.05) is 23.8 Å². The summed E-state index contributed by atoms with van der Waals surface area (Å²) in [6, 6.07) is 13.9. The van der Waals surface area contributed by atoms with Gasteiger partial charge >= 0.3 is 0 Å². The second-order valence-electron chi connectivity index (χ2n) is 8.05. The smallest absolute Gasteiger partial charge is 0.249 e. The van der Waals surface area contributed by atoms with E-state index in [0.717, 1.165) is 46.5 Å². The maximum atomic E-state index is 13.6. The third-order valence-corrected chi connectivity index (χ3v) is 5.85. The lowest BCUT2D eigenvalue weighted by Crippen LogP contribution is -2.16. The molecule has 5 rings (SSSR count). The molecule has 0 saturated heterocycles. The molecule has 0 radical (unpaired) electrons. The lowest BCUT2D eigenvalue weighted by molar-refractivity contribution is 0.100. The summed E-state index contributed by atoms with van der Waals surface area (Å²) in [5.41, 5.74) is 10.5. The number of anilines is 2. The van der Waals surface area contributed by atoms with Crippen LogP contribution < -0.4 is 16.0 Å². The Kier molecular flexibility index (Phi) is 4.77. The van der Waals surface area contributed by atoms with Crippen LogP contribution in [0.2, 0.25) is 0 Å². The van der Waals surface area contributed by atoms with Crippen LogP contribution in [0.1, 0.15) is 27.3 Å². The van der Waals surface area contributed by atoms with Gasteiger partial charge in [-0.2, -0.15) is 4.98 Å². The number of hydrogen-bond acceptors (Lipinski definition) is 5. The Morgan fingerprint density at radius 1 is 1.19 bits per heavy atom. The van der Waals surface area contributed by atoms with E-state index >= 15 is 0 Å². The van der Waals surface area contributed by atoms with E-state index in [0.29, 0.717) is 23.9 Å². The molecule has 4 aromatic rings. The van der Waals surface area contributed by atoms with E-state index in [2.05, 4.69) is 10.2 Å². The summed E-state index contributed by atoms with van der Waals surface area (Å²) in [4.78, 5) is 23.7. The monoisotopic (exact) mass is 430 g/mol. The fraction of sp³-hybridized carbons (Fsp3) is 0.208. The lowest BCUT2D eigenvalue weighted by Gasteiger charge is -2.18. The van der Waals surface area contributed by atoms with Crippen LogP contribution in [0.4, 0.5) is 15.9 Å². The standard InChI is InChI=1S/C24H23FN6O/c1-14-11-18-17(22(26)32)7-4-8-20(18)31(14)24-28-19-9-10-30(2)21(19)23(29-24)27-13-15-5-3-6-16(25)12-15/h3-8,11-12H,9-10,13H2,1-2H3,(H2,26,32)(H,27,28,29). The van der Waals surface area contributed by atoms with Gasteiger partial charge < -0.3 is 16.0 Å². The Morgan fingerprint density at radius 2 is 2.00 bits per heavy atom. The molecule has 32 heavy (non-hydrogen) atoms. The molecule has 0 spiro atoms. The minimum atomic E-state index is -0.471. The van der Waals surface area contributed by atoms with E-state index < -0.39 is 5.91 Å². The van der Waals surface area contributed by atoms with E-state index in [1.165, 1.54) is 12.1 Å². The van der Waals surface area contributed by atoms with Crippen LogP contribution in [0.3, 0.4) is 0 Å². The number of nitrogens with one attached hydrogen (secondary N) is 1. The zero-order chi connectivity index (χ0) is 22.4. The minimum Gasteiger partial charge on any atom is -0.370 e. The van der Waals surface area contributed by atoms with E-state index in [9.17, 15) is 9.18 Å². The molecule has 0 saturated carbocycles. The molecule has 2 aromatic heterocycles. The number of nitrogens with two attached hydrogens (primary N) is 1. The molecule has 0 unspecified atom stereocenters. The number of nitrogens with zero attached hydrogens (tertiary/aromatic N) is 4. The second kappa shape index (κ2) is 7.64. The summed E-state index contributed by atoms with van der Waals surface area (Å²) < 4.78 is 15.5. The van der Waals surface area contributed by atoms with Gasteiger partial charge in [-0.1, -0.05) is 18.2 Å². The first-order valence-corrected chi connectivity index (χ1v) is 10.4. The second-order valence-corrected chi connectivity index (χ2v) is 8.05. The Bertz CT molecular complexity index is 1360. The number of carbonyl (C=O) groups is 1. The fourth-order valence-corrected chi connectivity index (χ4v) is 4.35. The van der Waals surface area contributed by atoms with Gasteiger partial charge in [-0.25, -0.2) is 9.37 Å². The molecule has 0 bridgehead atoms. The summed E-state index contributed by atoms with van der Waals surface area (Å²) >= 11 is 0. The van der Waals surface area contributed by atoms with E-state index in [1.54, 1.807) is 12.1 Å². The number of rotatable bonds is 5. The number of amides is 1. The molecule has 8 heteroatoms. The molecule has 162 valence electrons. The van der Waals surface area contributed by atoms with Gasteiger partial charge in [-0.15, -0.1) is 0 Å². The van der Waals surface area contributed by atoms with E-state index in [-0.39, 0.29) is 5.82 Å². The summed E-state index contributed by atoms with van der Waals surface area (Å²) in [6.45, 7) is 3.23. The number of aryl methyl sites for hydroxylation is 1. The number of fused-ring (bicyclic) bond motifs is 2. The number of likely N-dealkylation sites (N-methyl/N-ethyl adjacent to an activating group) is 1. The molecule has 1 aliphatic heterocycles. The molecule has 0 fully saturated rings. The first-order valence-electron chi connectivity index (χ1n) is 10.4. The fourth-order valence-electron chi connectivity index (χ4n) is 4.35. The average molecular weight is 430 g/mol. The first-order chi connectivity index (χ1) is 15.4. The van der Waals surface area contributed by atoms with Gasteiger partial charge in [0.1, 0.15) is 11.5 Å². The number of aromatic nitrogens is 3. The summed E-state index contributed by atoms with van der Waals surface area (Å²) in [5, 5.41) is 4.14. The quantitative estimate of drug-likeness (QED) is 0.505. The zero-order valence-corrected chi connectivity index (χ0v) is 17.9. The van der Waals surface area contributed by atoms with Crippen molar-refractivity contribution < 1.29 is 9.18 Å². The van der Waals surface area contributed by atoms with Gasteiger partial charge in [0.15, 0.2) is 5.82 Å². The summed E-state index contributed by atoms with van der Waals surface area (Å²) in [7, 11) is 2.01. The van der Waals surface area contributed by atoms with Crippen LogP contribution >= 0.6 is 0 Å². The van der Waals surface area contributed by atoms with Gasteiger partial charge in [0.2, 0.25) is 11.9 Å². The van der Waals surface area contributed by atoms with Crippen molar-refractivity contribution in [3.05, 3.63) is 76.9 Å². The van der Waals surface area contributed by atoms with Crippen molar-refractivity contribution in [2.45, 2.75) is 19.9 Å². The van der Waals surface area contributed by atoms with Crippen LogP contribution in [0.5, 0.6) is 0 Å². The molecule has 0 aliphatic carbocycles. The first kappa shape index (κ1) is 20.0. The molecule has 1 amide bonds. The normalized spacial score (nSPS) is 12.9. The third-order valence-electron chi connectivity index (χ3n) is 5.85. The Morgan fingerprint density at radius 3 is 2.78 bits per heavy atom. The van der Waals surface area contributed by atoms with Crippen LogP contribution in [-0.4, -0.2) is 34.0 Å². The number of primary amides is 1. The van der Waals surface area contributed by atoms with E-state index in [4.69, 9.17) is 15.7 Å². The molecule has 1 aliphatic rings. The molecular formula is C24H23FN6O. The van der Waals surface area contributed by atoms with Gasteiger partial charge in [-0.05, 0) is 42.8 Å². The molecule has 3 heterocycles. The van der Waals surface area contributed by atoms with Crippen molar-refractivity contribution >= 4 is 28.3 Å². The van der Waals surface area contributed by atoms with Crippen LogP contribution in [-0.2, 0) is 13.0 Å². The Labute approximate surface area is 184 Å². The van der Waals surface area contributed by atoms with Crippen LogP contribution in [0, 0.1) is 12.7 Å². The predicted molar refractivity (Wildman–Crippen MR) is 123 cm³/mol. The largest absolute Gasteiger partial charge is 0.370 e. The van der Waals surface area contributed by atoms with Crippen molar-refractivity contribution in [2.24, 2.45) is 5.73 Å². The molecule has 7 nitrogen and oxygen atoms in total. The highest BCUT2D eigenvalue weighted by Gasteiger charge is 2.25. The number of carbonyl (C=O) groups excluding carboxylic acids is 1. The average Bonchev–Trinajstić information content (AvgIpc) is 3.30. The Balaban J connectivity index is 1.62. The highest BCUT2D eigenvalue weighted by Crippen LogP contribution is 2.34. The number of hydrogen-bond donors (Lipinski definition) is 2. The van der Waals surface area contributed by atoms with Crippen LogP contribution in [0.25, 0.3) is 16.9 Å². The Hall–Kier alpha value is -3.94. The van der Waals surface area contributed by atoms with Crippen molar-refractivity contribution in [1.82, 2.24) is 14.5 Å².